The molecule has 0 amide bonds. The standard InChI is InChI=1S/C36H28N2O6/c39-37(40)35-24-36(38(41)42)32(20-18-28-14-8-16-34(22-28)44-26-30-11-5-2-6-12-30)23-31(35)19-17-27-13-7-15-33(21-27)43-25-29-9-3-1-4-10-29/h1-24H,25-26H2/b19-17+,20-18+. The molecule has 0 radical (unpaired) electrons. The Balaban J connectivity index is 1.37. The van der Waals surface area contributed by atoms with Gasteiger partial charge in [-0.1, -0.05) is 97.1 Å². The van der Waals surface area contributed by atoms with E-state index in [4.69, 9.17) is 9.47 Å². The molecule has 5 aromatic carbocycles. The van der Waals surface area contributed by atoms with Crippen LogP contribution in [0.2, 0.25) is 0 Å². The molecule has 0 saturated carbocycles. The summed E-state index contributed by atoms with van der Waals surface area (Å²) in [4.78, 5) is 22.5. The van der Waals surface area contributed by atoms with Gasteiger partial charge in [-0.3, -0.25) is 20.2 Å². The lowest BCUT2D eigenvalue weighted by Crippen LogP contribution is -1.98. The number of nitro groups is 2. The van der Waals surface area contributed by atoms with Crippen LogP contribution >= 0.6 is 0 Å². The molecule has 8 heteroatoms. The molecule has 0 aromatic heterocycles. The summed E-state index contributed by atoms with van der Waals surface area (Å²) in [5.41, 5.74) is 3.31. The van der Waals surface area contributed by atoms with Gasteiger partial charge in [0.15, 0.2) is 0 Å². The number of ether oxygens (including phenoxy) is 2. The first-order valence-corrected chi connectivity index (χ1v) is 13.8. The van der Waals surface area contributed by atoms with Crippen molar-refractivity contribution in [1.82, 2.24) is 0 Å². The molecule has 0 aliphatic heterocycles. The Labute approximate surface area is 254 Å². The van der Waals surface area contributed by atoms with Crippen molar-refractivity contribution in [3.8, 4) is 11.5 Å². The van der Waals surface area contributed by atoms with Crippen LogP contribution in [0.1, 0.15) is 33.4 Å². The normalized spacial score (nSPS) is 11.1. The van der Waals surface area contributed by atoms with Crippen molar-refractivity contribution in [2.24, 2.45) is 0 Å². The number of nitro benzene ring substituents is 2. The summed E-state index contributed by atoms with van der Waals surface area (Å²) in [5.74, 6) is 1.29. The maximum absolute atomic E-state index is 11.9. The first kappa shape index (κ1) is 29.5. The van der Waals surface area contributed by atoms with Crippen LogP contribution in [-0.4, -0.2) is 9.85 Å². The Morgan fingerprint density at radius 2 is 0.932 bits per heavy atom. The fourth-order valence-corrected chi connectivity index (χ4v) is 4.46. The molecule has 0 unspecified atom stereocenters. The Kier molecular flexibility index (Phi) is 9.54. The summed E-state index contributed by atoms with van der Waals surface area (Å²) in [7, 11) is 0. The lowest BCUT2D eigenvalue weighted by atomic mass is 10.0. The number of nitrogens with zero attached hydrogens (tertiary/aromatic N) is 2. The van der Waals surface area contributed by atoms with Crippen LogP contribution in [0.25, 0.3) is 24.3 Å². The topological polar surface area (TPSA) is 105 Å². The predicted octanol–water partition coefficient (Wildman–Crippen LogP) is 9.00. The van der Waals surface area contributed by atoms with Crippen molar-refractivity contribution in [2.45, 2.75) is 13.2 Å². The van der Waals surface area contributed by atoms with Gasteiger partial charge in [0.05, 0.1) is 27.0 Å². The van der Waals surface area contributed by atoms with E-state index in [2.05, 4.69) is 0 Å². The van der Waals surface area contributed by atoms with E-state index in [1.54, 1.807) is 24.3 Å². The number of hydrogen-bond acceptors (Lipinski definition) is 6. The van der Waals surface area contributed by atoms with Crippen molar-refractivity contribution in [2.75, 3.05) is 0 Å². The van der Waals surface area contributed by atoms with E-state index in [0.29, 0.717) is 24.7 Å². The Hall–Kier alpha value is -6.02. The summed E-state index contributed by atoms with van der Waals surface area (Å²) < 4.78 is 11.8. The van der Waals surface area contributed by atoms with E-state index in [0.717, 1.165) is 28.3 Å². The van der Waals surface area contributed by atoms with Gasteiger partial charge in [-0.15, -0.1) is 0 Å². The summed E-state index contributed by atoms with van der Waals surface area (Å²) in [6.45, 7) is 0.805. The van der Waals surface area contributed by atoms with E-state index in [1.807, 2.05) is 109 Å². The molecule has 0 heterocycles. The van der Waals surface area contributed by atoms with Crippen LogP contribution in [0.5, 0.6) is 11.5 Å². The molecule has 0 N–H and O–H groups in total. The average molecular weight is 585 g/mol. The van der Waals surface area contributed by atoms with E-state index >= 15 is 0 Å². The largest absolute Gasteiger partial charge is 0.489 e. The summed E-state index contributed by atoms with van der Waals surface area (Å²) >= 11 is 0. The van der Waals surface area contributed by atoms with Gasteiger partial charge in [0.25, 0.3) is 11.4 Å². The molecule has 8 nitrogen and oxygen atoms in total. The highest BCUT2D eigenvalue weighted by molar-refractivity contribution is 5.82. The van der Waals surface area contributed by atoms with Gasteiger partial charge in [-0.05, 0) is 64.7 Å². The van der Waals surface area contributed by atoms with E-state index in [9.17, 15) is 20.2 Å². The minimum atomic E-state index is -0.618. The highest BCUT2D eigenvalue weighted by Crippen LogP contribution is 2.32. The maximum Gasteiger partial charge on any atom is 0.283 e. The zero-order valence-electron chi connectivity index (χ0n) is 23.6. The number of benzene rings is 5. The molecule has 5 rings (SSSR count). The second kappa shape index (κ2) is 14.2. The van der Waals surface area contributed by atoms with Gasteiger partial charge < -0.3 is 9.47 Å². The molecule has 5 aromatic rings. The molecule has 0 aliphatic carbocycles. The molecular formula is C36H28N2O6. The van der Waals surface area contributed by atoms with Gasteiger partial charge in [-0.2, -0.15) is 0 Å². The van der Waals surface area contributed by atoms with Crippen LogP contribution in [0, 0.1) is 20.2 Å². The quantitative estimate of drug-likeness (QED) is 0.0823. The van der Waals surface area contributed by atoms with Crippen LogP contribution < -0.4 is 9.47 Å². The zero-order chi connectivity index (χ0) is 30.7. The third-order valence-corrected chi connectivity index (χ3v) is 6.69. The fraction of sp³-hybridized carbons (Fsp3) is 0.0556. The third kappa shape index (κ3) is 8.04. The van der Waals surface area contributed by atoms with E-state index in [-0.39, 0.29) is 22.5 Å². The van der Waals surface area contributed by atoms with Crippen molar-refractivity contribution in [1.29, 1.82) is 0 Å². The first-order chi connectivity index (χ1) is 21.4. The number of rotatable bonds is 12. The SMILES string of the molecule is O=[N+]([O-])c1cc([N+](=O)[O-])c(/C=C/c2cccc(OCc3ccccc3)c2)cc1/C=C/c1cccc(OCc2ccccc2)c1. The van der Waals surface area contributed by atoms with E-state index in [1.165, 1.54) is 6.07 Å². The average Bonchev–Trinajstić information content (AvgIpc) is 3.05. The number of hydrogen-bond donors (Lipinski definition) is 0. The second-order valence-corrected chi connectivity index (χ2v) is 9.84. The zero-order valence-corrected chi connectivity index (χ0v) is 23.6. The summed E-state index contributed by atoms with van der Waals surface area (Å²) in [6.07, 6.45) is 6.58. The molecule has 44 heavy (non-hydrogen) atoms. The Morgan fingerprint density at radius 3 is 1.34 bits per heavy atom. The summed E-state index contributed by atoms with van der Waals surface area (Å²) in [5, 5.41) is 23.7. The van der Waals surface area contributed by atoms with Crippen molar-refractivity contribution in [3.63, 3.8) is 0 Å². The Morgan fingerprint density at radius 1 is 0.500 bits per heavy atom. The minimum absolute atomic E-state index is 0.232. The lowest BCUT2D eigenvalue weighted by molar-refractivity contribution is -0.394. The van der Waals surface area contributed by atoms with Gasteiger partial charge in [0, 0.05) is 0 Å². The summed E-state index contributed by atoms with van der Waals surface area (Å²) in [6, 6.07) is 36.6. The first-order valence-electron chi connectivity index (χ1n) is 13.8. The molecule has 0 saturated heterocycles. The van der Waals surface area contributed by atoms with Crippen LogP contribution in [-0.2, 0) is 13.2 Å². The predicted molar refractivity (Wildman–Crippen MR) is 172 cm³/mol. The lowest BCUT2D eigenvalue weighted by Gasteiger charge is -2.07. The van der Waals surface area contributed by atoms with Crippen molar-refractivity contribution in [3.05, 3.63) is 175 Å². The molecule has 0 bridgehead atoms. The molecule has 0 atom stereocenters. The van der Waals surface area contributed by atoms with Crippen LogP contribution in [0.3, 0.4) is 0 Å². The highest BCUT2D eigenvalue weighted by atomic mass is 16.6. The molecule has 218 valence electrons. The maximum atomic E-state index is 11.9. The van der Waals surface area contributed by atoms with Crippen LogP contribution in [0.15, 0.2) is 121 Å². The Bertz CT molecular complexity index is 1690. The van der Waals surface area contributed by atoms with Gasteiger partial charge in [0.2, 0.25) is 0 Å². The van der Waals surface area contributed by atoms with Crippen molar-refractivity contribution >= 4 is 35.7 Å². The van der Waals surface area contributed by atoms with Gasteiger partial charge in [-0.25, -0.2) is 0 Å². The van der Waals surface area contributed by atoms with Gasteiger partial charge in [0.1, 0.15) is 24.7 Å². The molecule has 0 fully saturated rings. The minimum Gasteiger partial charge on any atom is -0.489 e. The molecule has 0 aliphatic rings. The smallest absolute Gasteiger partial charge is 0.283 e. The fourth-order valence-electron chi connectivity index (χ4n) is 4.46. The van der Waals surface area contributed by atoms with Crippen LogP contribution in [0.4, 0.5) is 11.4 Å². The molecular weight excluding hydrogens is 556 g/mol. The molecule has 0 spiro atoms. The monoisotopic (exact) mass is 584 g/mol. The van der Waals surface area contributed by atoms with E-state index < -0.39 is 9.85 Å². The highest BCUT2D eigenvalue weighted by Gasteiger charge is 2.22. The second-order valence-electron chi connectivity index (χ2n) is 9.84. The third-order valence-electron chi connectivity index (χ3n) is 6.69. The van der Waals surface area contributed by atoms with Crippen molar-refractivity contribution < 1.29 is 19.3 Å². The van der Waals surface area contributed by atoms with Gasteiger partial charge >= 0.3 is 0 Å².